The summed E-state index contributed by atoms with van der Waals surface area (Å²) in [6.07, 6.45) is 2.58. The first kappa shape index (κ1) is 19.9. The first-order chi connectivity index (χ1) is 15.1. The van der Waals surface area contributed by atoms with Gasteiger partial charge in [-0.3, -0.25) is 9.59 Å². The van der Waals surface area contributed by atoms with Crippen molar-refractivity contribution < 1.29 is 18.4 Å². The Hall–Kier alpha value is -3.06. The molecule has 2 aliphatic heterocycles. The molecule has 0 radical (unpaired) electrons. The summed E-state index contributed by atoms with van der Waals surface area (Å²) in [5.74, 6) is 0.179. The van der Waals surface area contributed by atoms with Gasteiger partial charge in [0.2, 0.25) is 5.91 Å². The lowest BCUT2D eigenvalue weighted by Crippen LogP contribution is -2.53. The lowest BCUT2D eigenvalue weighted by atomic mass is 9.92. The maximum atomic E-state index is 13.9. The quantitative estimate of drug-likeness (QED) is 0.664. The Morgan fingerprint density at radius 2 is 1.94 bits per heavy atom. The molecule has 3 aromatic rings. The van der Waals surface area contributed by atoms with Gasteiger partial charge in [0.05, 0.1) is 12.3 Å². The fourth-order valence-electron chi connectivity index (χ4n) is 4.30. The third kappa shape index (κ3) is 3.85. The third-order valence-corrected chi connectivity index (χ3v) is 6.99. The molecule has 2 unspecified atom stereocenters. The molecule has 1 aromatic heterocycles. The average Bonchev–Trinajstić information content (AvgIpc) is 3.33. The average molecular weight is 437 g/mol. The molecule has 3 heterocycles. The van der Waals surface area contributed by atoms with Crippen LogP contribution in [-0.4, -0.2) is 28.5 Å². The minimum atomic E-state index is -0.668. The molecule has 2 atom stereocenters. The maximum Gasteiger partial charge on any atom is 0.290 e. The SMILES string of the molecule is O=C(NC1CCSc2ccc(F)cc21)C1Cc2ccccc2CN1C(=O)c1ccco1. The van der Waals surface area contributed by atoms with Gasteiger partial charge in [-0.2, -0.15) is 0 Å². The predicted octanol–water partition coefficient (Wildman–Crippen LogP) is 4.34. The highest BCUT2D eigenvalue weighted by Gasteiger charge is 2.37. The number of hydrogen-bond donors (Lipinski definition) is 1. The molecule has 0 bridgehead atoms. The van der Waals surface area contributed by atoms with Gasteiger partial charge in [-0.1, -0.05) is 24.3 Å². The highest BCUT2D eigenvalue weighted by atomic mass is 32.2. The van der Waals surface area contributed by atoms with Gasteiger partial charge < -0.3 is 14.6 Å². The second-order valence-corrected chi connectivity index (χ2v) is 8.92. The number of hydrogen-bond acceptors (Lipinski definition) is 4. The molecule has 5 nitrogen and oxygen atoms in total. The van der Waals surface area contributed by atoms with E-state index in [0.717, 1.165) is 27.3 Å². The minimum absolute atomic E-state index is 0.207. The Morgan fingerprint density at radius 1 is 1.10 bits per heavy atom. The van der Waals surface area contributed by atoms with Crippen LogP contribution in [0.3, 0.4) is 0 Å². The number of rotatable bonds is 3. The van der Waals surface area contributed by atoms with E-state index in [1.807, 2.05) is 24.3 Å². The van der Waals surface area contributed by atoms with E-state index in [1.54, 1.807) is 34.9 Å². The second kappa shape index (κ2) is 8.23. The number of halogens is 1. The third-order valence-electron chi connectivity index (χ3n) is 5.87. The lowest BCUT2D eigenvalue weighted by molar-refractivity contribution is -0.127. The van der Waals surface area contributed by atoms with E-state index in [2.05, 4.69) is 5.32 Å². The number of benzene rings is 2. The number of carbonyl (C=O) groups is 2. The topological polar surface area (TPSA) is 62.6 Å². The van der Waals surface area contributed by atoms with Crippen LogP contribution in [0, 0.1) is 5.82 Å². The van der Waals surface area contributed by atoms with Crippen LogP contribution in [0.4, 0.5) is 4.39 Å². The van der Waals surface area contributed by atoms with Crippen molar-refractivity contribution in [1.29, 1.82) is 0 Å². The maximum absolute atomic E-state index is 13.9. The summed E-state index contributed by atoms with van der Waals surface area (Å²) in [5, 5.41) is 3.09. The van der Waals surface area contributed by atoms with Crippen LogP contribution in [-0.2, 0) is 17.8 Å². The Bertz CT molecular complexity index is 1130. The van der Waals surface area contributed by atoms with Gasteiger partial charge in [0, 0.05) is 23.6 Å². The van der Waals surface area contributed by atoms with Crippen LogP contribution in [0.1, 0.15) is 39.7 Å². The summed E-state index contributed by atoms with van der Waals surface area (Å²) < 4.78 is 19.2. The first-order valence-electron chi connectivity index (χ1n) is 10.2. The van der Waals surface area contributed by atoms with Crippen molar-refractivity contribution in [3.8, 4) is 0 Å². The summed E-state index contributed by atoms with van der Waals surface area (Å²) in [7, 11) is 0. The Labute approximate surface area is 183 Å². The largest absolute Gasteiger partial charge is 0.459 e. The van der Waals surface area contributed by atoms with Crippen LogP contribution < -0.4 is 5.32 Å². The van der Waals surface area contributed by atoms with E-state index < -0.39 is 6.04 Å². The smallest absolute Gasteiger partial charge is 0.290 e. The standard InChI is InChI=1S/C24H21FN2O3S/c25-17-7-8-22-18(13-17)19(9-11-31-22)26-23(28)20-12-15-4-1-2-5-16(15)14-27(20)24(29)21-6-3-10-30-21/h1-8,10,13,19-20H,9,11-12,14H2,(H,26,28). The first-order valence-corrected chi connectivity index (χ1v) is 11.2. The second-order valence-electron chi connectivity index (χ2n) is 7.78. The van der Waals surface area contributed by atoms with Crippen molar-refractivity contribution in [2.24, 2.45) is 0 Å². The van der Waals surface area contributed by atoms with Crippen LogP contribution in [0.15, 0.2) is 70.2 Å². The van der Waals surface area contributed by atoms with Crippen molar-refractivity contribution in [2.75, 3.05) is 5.75 Å². The molecule has 5 rings (SSSR count). The van der Waals surface area contributed by atoms with Crippen LogP contribution >= 0.6 is 11.8 Å². The van der Waals surface area contributed by atoms with Gasteiger partial charge in [0.15, 0.2) is 5.76 Å². The normalized spacial score (nSPS) is 20.0. The van der Waals surface area contributed by atoms with Crippen molar-refractivity contribution in [2.45, 2.75) is 36.4 Å². The van der Waals surface area contributed by atoms with Crippen molar-refractivity contribution in [1.82, 2.24) is 10.2 Å². The number of fused-ring (bicyclic) bond motifs is 2. The van der Waals surface area contributed by atoms with Crippen molar-refractivity contribution in [3.05, 3.63) is 89.1 Å². The van der Waals surface area contributed by atoms with Crippen LogP contribution in [0.2, 0.25) is 0 Å². The molecular formula is C24H21FN2O3S. The van der Waals surface area contributed by atoms with E-state index >= 15 is 0 Å². The van der Waals surface area contributed by atoms with E-state index in [-0.39, 0.29) is 29.4 Å². The fraction of sp³-hybridized carbons (Fsp3) is 0.250. The van der Waals surface area contributed by atoms with Gasteiger partial charge in [-0.05, 0) is 53.4 Å². The number of amides is 2. The fourth-order valence-corrected chi connectivity index (χ4v) is 5.40. The summed E-state index contributed by atoms with van der Waals surface area (Å²) in [6.45, 7) is 0.333. The molecule has 158 valence electrons. The van der Waals surface area contributed by atoms with E-state index in [4.69, 9.17) is 4.42 Å². The Balaban J connectivity index is 1.44. The van der Waals surface area contributed by atoms with Crippen LogP contribution in [0.25, 0.3) is 0 Å². The molecule has 2 aliphatic rings. The number of nitrogens with zero attached hydrogens (tertiary/aromatic N) is 1. The molecular weight excluding hydrogens is 415 g/mol. The summed E-state index contributed by atoms with van der Waals surface area (Å²) in [6, 6.07) is 14.9. The van der Waals surface area contributed by atoms with Gasteiger partial charge in [0.1, 0.15) is 11.9 Å². The van der Waals surface area contributed by atoms with Gasteiger partial charge in [0.25, 0.3) is 5.91 Å². The Kier molecular flexibility index (Phi) is 5.28. The molecule has 2 amide bonds. The molecule has 7 heteroatoms. The molecule has 1 N–H and O–H groups in total. The monoisotopic (exact) mass is 436 g/mol. The van der Waals surface area contributed by atoms with Crippen molar-refractivity contribution in [3.63, 3.8) is 0 Å². The predicted molar refractivity (Wildman–Crippen MR) is 115 cm³/mol. The number of thioether (sulfide) groups is 1. The van der Waals surface area contributed by atoms with E-state index in [9.17, 15) is 14.0 Å². The number of furan rings is 1. The van der Waals surface area contributed by atoms with E-state index in [0.29, 0.717) is 19.4 Å². The zero-order chi connectivity index (χ0) is 21.4. The van der Waals surface area contributed by atoms with Gasteiger partial charge in [-0.15, -0.1) is 11.8 Å². The highest BCUT2D eigenvalue weighted by molar-refractivity contribution is 7.99. The number of carbonyl (C=O) groups excluding carboxylic acids is 2. The molecule has 0 saturated carbocycles. The zero-order valence-corrected chi connectivity index (χ0v) is 17.5. The highest BCUT2D eigenvalue weighted by Crippen LogP contribution is 2.37. The van der Waals surface area contributed by atoms with Gasteiger partial charge >= 0.3 is 0 Å². The van der Waals surface area contributed by atoms with Crippen LogP contribution in [0.5, 0.6) is 0 Å². The summed E-state index contributed by atoms with van der Waals surface area (Å²) >= 11 is 1.66. The molecule has 31 heavy (non-hydrogen) atoms. The molecule has 0 fully saturated rings. The minimum Gasteiger partial charge on any atom is -0.459 e. The number of nitrogens with one attached hydrogen (secondary N) is 1. The summed E-state index contributed by atoms with van der Waals surface area (Å²) in [5.41, 5.74) is 2.87. The summed E-state index contributed by atoms with van der Waals surface area (Å²) in [4.78, 5) is 29.1. The van der Waals surface area contributed by atoms with E-state index in [1.165, 1.54) is 18.4 Å². The lowest BCUT2D eigenvalue weighted by Gasteiger charge is -2.37. The van der Waals surface area contributed by atoms with Crippen molar-refractivity contribution >= 4 is 23.6 Å². The zero-order valence-electron chi connectivity index (χ0n) is 16.7. The molecule has 0 aliphatic carbocycles. The Morgan fingerprint density at radius 3 is 2.74 bits per heavy atom. The van der Waals surface area contributed by atoms with Gasteiger partial charge in [-0.25, -0.2) is 4.39 Å². The molecule has 0 saturated heterocycles. The molecule has 2 aromatic carbocycles. The molecule has 0 spiro atoms.